The van der Waals surface area contributed by atoms with Crippen LogP contribution in [0.5, 0.6) is 11.5 Å². The number of ether oxygens (including phenoxy) is 1. The molecule has 3 aromatic rings. The van der Waals surface area contributed by atoms with E-state index in [-0.39, 0.29) is 0 Å². The molecule has 3 rings (SSSR count). The van der Waals surface area contributed by atoms with Crippen LogP contribution in [0, 0.1) is 0 Å². The number of carboxylic acid groups (broad SMARTS) is 1. The van der Waals surface area contributed by atoms with E-state index in [0.29, 0.717) is 28.0 Å². The van der Waals surface area contributed by atoms with E-state index in [1.807, 2.05) is 42.5 Å². The van der Waals surface area contributed by atoms with Gasteiger partial charge in [-0.25, -0.2) is 0 Å². The van der Waals surface area contributed by atoms with Gasteiger partial charge in [0.15, 0.2) is 0 Å². The average Bonchev–Trinajstić information content (AvgIpc) is 2.64. The molecule has 1 N–H and O–H groups in total. The molecule has 132 valence electrons. The Morgan fingerprint density at radius 3 is 2.31 bits per heavy atom. The number of hydrogen-bond acceptors (Lipinski definition) is 2. The van der Waals surface area contributed by atoms with E-state index in [0.717, 1.165) is 11.1 Å². The van der Waals surface area contributed by atoms with Gasteiger partial charge in [-0.15, -0.1) is 0 Å². The zero-order valence-corrected chi connectivity index (χ0v) is 15.2. The summed E-state index contributed by atoms with van der Waals surface area (Å²) in [5, 5.41) is 10.5. The zero-order chi connectivity index (χ0) is 18.5. The third-order valence-electron chi connectivity index (χ3n) is 3.98. The minimum Gasteiger partial charge on any atom is -0.481 e. The van der Waals surface area contributed by atoms with Crippen molar-refractivity contribution in [1.82, 2.24) is 0 Å². The van der Waals surface area contributed by atoms with Gasteiger partial charge in [0, 0.05) is 11.1 Å². The molecule has 0 aromatic heterocycles. The lowest BCUT2D eigenvalue weighted by Gasteiger charge is -2.13. The number of benzene rings is 3. The van der Waals surface area contributed by atoms with E-state index in [1.54, 1.807) is 30.3 Å². The summed E-state index contributed by atoms with van der Waals surface area (Å²) >= 11 is 12.1. The summed E-state index contributed by atoms with van der Waals surface area (Å²) in [6.45, 7) is 0. The normalized spacial score (nSPS) is 11.8. The van der Waals surface area contributed by atoms with Crippen LogP contribution in [0.15, 0.2) is 72.8 Å². The average molecular weight is 387 g/mol. The fourth-order valence-corrected chi connectivity index (χ4v) is 2.96. The van der Waals surface area contributed by atoms with E-state index in [2.05, 4.69) is 0 Å². The van der Waals surface area contributed by atoms with Crippen LogP contribution in [0.4, 0.5) is 0 Å². The highest BCUT2D eigenvalue weighted by atomic mass is 35.5. The van der Waals surface area contributed by atoms with Crippen molar-refractivity contribution in [2.45, 2.75) is 12.3 Å². The molecule has 0 saturated heterocycles. The molecule has 0 aliphatic rings. The van der Waals surface area contributed by atoms with Crippen LogP contribution in [0.2, 0.25) is 10.0 Å². The van der Waals surface area contributed by atoms with Crippen LogP contribution in [-0.2, 0) is 11.2 Å². The maximum Gasteiger partial charge on any atom is 0.311 e. The first kappa shape index (κ1) is 18.3. The minimum atomic E-state index is -0.845. The number of carbonyl (C=O) groups is 1. The topological polar surface area (TPSA) is 46.5 Å². The Kier molecular flexibility index (Phi) is 5.82. The van der Waals surface area contributed by atoms with Crippen LogP contribution in [0.25, 0.3) is 0 Å². The van der Waals surface area contributed by atoms with E-state index < -0.39 is 11.9 Å². The maximum atomic E-state index is 11.6. The second-order valence-electron chi connectivity index (χ2n) is 5.83. The molecule has 26 heavy (non-hydrogen) atoms. The van der Waals surface area contributed by atoms with Gasteiger partial charge in [0.25, 0.3) is 0 Å². The van der Waals surface area contributed by atoms with Crippen molar-refractivity contribution in [1.29, 1.82) is 0 Å². The summed E-state index contributed by atoms with van der Waals surface area (Å²) in [5.41, 5.74) is 1.69. The molecule has 5 heteroatoms. The fraction of sp³-hybridized carbons (Fsp3) is 0.0952. The van der Waals surface area contributed by atoms with Gasteiger partial charge in [-0.05, 0) is 41.8 Å². The van der Waals surface area contributed by atoms with Crippen molar-refractivity contribution in [3.05, 3.63) is 94.0 Å². The molecule has 0 amide bonds. The smallest absolute Gasteiger partial charge is 0.311 e. The molecule has 3 nitrogen and oxygen atoms in total. The Balaban J connectivity index is 1.74. The molecule has 0 spiro atoms. The Morgan fingerprint density at radius 2 is 1.65 bits per heavy atom. The lowest BCUT2D eigenvalue weighted by atomic mass is 9.92. The van der Waals surface area contributed by atoms with Crippen molar-refractivity contribution in [3.63, 3.8) is 0 Å². The third kappa shape index (κ3) is 4.57. The standard InChI is InChI=1S/C21H16Cl2O3/c22-16-8-11-19(23)20(13-16)26-17-9-6-14(7-10-17)12-18(21(24)25)15-4-2-1-3-5-15/h1-11,13,18H,12H2,(H,24,25). The van der Waals surface area contributed by atoms with Crippen molar-refractivity contribution in [3.8, 4) is 11.5 Å². The number of hydrogen-bond donors (Lipinski definition) is 1. The number of rotatable bonds is 6. The lowest BCUT2D eigenvalue weighted by Crippen LogP contribution is -2.14. The number of halogens is 2. The summed E-state index contributed by atoms with van der Waals surface area (Å²) in [6.07, 6.45) is 0.400. The van der Waals surface area contributed by atoms with E-state index in [1.165, 1.54) is 0 Å². The van der Waals surface area contributed by atoms with Gasteiger partial charge >= 0.3 is 5.97 Å². The minimum absolute atomic E-state index is 0.400. The highest BCUT2D eigenvalue weighted by molar-refractivity contribution is 6.34. The Bertz CT molecular complexity index is 893. The molecule has 0 aliphatic carbocycles. The lowest BCUT2D eigenvalue weighted by molar-refractivity contribution is -0.138. The van der Waals surface area contributed by atoms with Gasteiger partial charge in [0.2, 0.25) is 0 Å². The van der Waals surface area contributed by atoms with Crippen LogP contribution in [0.1, 0.15) is 17.0 Å². The predicted octanol–water partition coefficient (Wildman–Crippen LogP) is 6.20. The Morgan fingerprint density at radius 1 is 0.962 bits per heavy atom. The summed E-state index contributed by atoms with van der Waals surface area (Å²) < 4.78 is 5.75. The summed E-state index contributed by atoms with van der Waals surface area (Å²) in [6, 6.07) is 21.5. The Labute approximate surface area is 161 Å². The summed E-state index contributed by atoms with van der Waals surface area (Å²) in [7, 11) is 0. The Hall–Kier alpha value is -2.49. The number of carboxylic acids is 1. The first-order valence-electron chi connectivity index (χ1n) is 8.02. The summed E-state index contributed by atoms with van der Waals surface area (Å²) in [5.74, 6) is -0.364. The molecule has 1 atom stereocenters. The van der Waals surface area contributed by atoms with Gasteiger partial charge < -0.3 is 9.84 Å². The third-order valence-corrected chi connectivity index (χ3v) is 4.53. The zero-order valence-electron chi connectivity index (χ0n) is 13.7. The van der Waals surface area contributed by atoms with E-state index in [4.69, 9.17) is 27.9 Å². The van der Waals surface area contributed by atoms with Crippen molar-refractivity contribution in [2.75, 3.05) is 0 Å². The van der Waals surface area contributed by atoms with Crippen LogP contribution < -0.4 is 4.74 Å². The molecular weight excluding hydrogens is 371 g/mol. The number of aliphatic carboxylic acids is 1. The molecule has 0 aliphatic heterocycles. The molecule has 0 bridgehead atoms. The SMILES string of the molecule is O=C(O)C(Cc1ccc(Oc2cc(Cl)ccc2Cl)cc1)c1ccccc1. The first-order chi connectivity index (χ1) is 12.5. The maximum absolute atomic E-state index is 11.6. The molecule has 0 radical (unpaired) electrons. The van der Waals surface area contributed by atoms with Crippen LogP contribution in [-0.4, -0.2) is 11.1 Å². The molecule has 1 unspecified atom stereocenters. The van der Waals surface area contributed by atoms with Crippen molar-refractivity contribution < 1.29 is 14.6 Å². The van der Waals surface area contributed by atoms with Gasteiger partial charge in [-0.3, -0.25) is 4.79 Å². The molecule has 0 saturated carbocycles. The molecule has 0 fully saturated rings. The van der Waals surface area contributed by atoms with Gasteiger partial charge in [-0.1, -0.05) is 65.7 Å². The highest BCUT2D eigenvalue weighted by Crippen LogP contribution is 2.32. The molecule has 0 heterocycles. The van der Waals surface area contributed by atoms with E-state index >= 15 is 0 Å². The van der Waals surface area contributed by atoms with Crippen molar-refractivity contribution >= 4 is 29.2 Å². The van der Waals surface area contributed by atoms with Crippen molar-refractivity contribution in [2.24, 2.45) is 0 Å². The van der Waals surface area contributed by atoms with Crippen LogP contribution in [0.3, 0.4) is 0 Å². The molecule has 3 aromatic carbocycles. The highest BCUT2D eigenvalue weighted by Gasteiger charge is 2.20. The second-order valence-corrected chi connectivity index (χ2v) is 6.67. The summed E-state index contributed by atoms with van der Waals surface area (Å²) in [4.78, 5) is 11.6. The van der Waals surface area contributed by atoms with Gasteiger partial charge in [0.05, 0.1) is 10.9 Å². The van der Waals surface area contributed by atoms with Gasteiger partial charge in [-0.2, -0.15) is 0 Å². The van der Waals surface area contributed by atoms with Gasteiger partial charge in [0.1, 0.15) is 11.5 Å². The first-order valence-corrected chi connectivity index (χ1v) is 8.78. The monoisotopic (exact) mass is 386 g/mol. The van der Waals surface area contributed by atoms with Crippen LogP contribution >= 0.6 is 23.2 Å². The largest absolute Gasteiger partial charge is 0.481 e. The quantitative estimate of drug-likeness (QED) is 0.548. The fourth-order valence-electron chi connectivity index (χ4n) is 2.64. The van der Waals surface area contributed by atoms with E-state index in [9.17, 15) is 9.90 Å². The second kappa shape index (κ2) is 8.26. The molecular formula is C21H16Cl2O3. The predicted molar refractivity (Wildman–Crippen MR) is 104 cm³/mol.